The number of para-hydroxylation sites is 1. The van der Waals surface area contributed by atoms with Gasteiger partial charge in [0.15, 0.2) is 4.90 Å². The minimum atomic E-state index is -1.55. The summed E-state index contributed by atoms with van der Waals surface area (Å²) < 4.78 is 15.5. The minimum absolute atomic E-state index is 0.0884. The highest BCUT2D eigenvalue weighted by Crippen LogP contribution is 2.36. The SMILES string of the molecule is CC1Sc2ccc(C(=O)Nc3ccc([S+]([O-])Nc4ccccc4)c(Cl)c3)cc2NC1=O. The zero-order valence-electron chi connectivity index (χ0n) is 16.3. The molecule has 0 saturated carbocycles. The van der Waals surface area contributed by atoms with Crippen molar-refractivity contribution in [1.29, 1.82) is 0 Å². The number of carbonyl (C=O) groups excluding carboxylic acids is 2. The smallest absolute Gasteiger partial charge is 0.255 e. The molecule has 0 spiro atoms. The standard InChI is InChI=1S/C22H18ClN3O3S2/c1-13-21(27)25-18-11-14(7-9-19(18)30-13)22(28)24-16-8-10-20(17(23)12-16)31(29)26-15-5-3-2-4-6-15/h2-13,26H,1H3,(H,24,28)(H,25,27). The van der Waals surface area contributed by atoms with Gasteiger partial charge in [-0.05, 0) is 55.5 Å². The van der Waals surface area contributed by atoms with Crippen molar-refractivity contribution in [1.82, 2.24) is 0 Å². The predicted molar refractivity (Wildman–Crippen MR) is 126 cm³/mol. The third-order valence-corrected chi connectivity index (χ3v) is 7.33. The van der Waals surface area contributed by atoms with Crippen molar-refractivity contribution in [2.45, 2.75) is 22.0 Å². The van der Waals surface area contributed by atoms with Gasteiger partial charge in [-0.1, -0.05) is 29.8 Å². The Morgan fingerprint density at radius 1 is 1.10 bits per heavy atom. The normalized spacial score (nSPS) is 16.1. The van der Waals surface area contributed by atoms with Crippen LogP contribution in [-0.4, -0.2) is 21.6 Å². The molecule has 0 aliphatic carbocycles. The molecule has 9 heteroatoms. The van der Waals surface area contributed by atoms with Crippen LogP contribution in [0.4, 0.5) is 17.1 Å². The van der Waals surface area contributed by atoms with E-state index in [1.165, 1.54) is 11.8 Å². The van der Waals surface area contributed by atoms with Crippen LogP contribution in [-0.2, 0) is 16.2 Å². The second-order valence-corrected chi connectivity index (χ2v) is 9.77. The maximum absolute atomic E-state index is 12.7. The molecule has 0 saturated heterocycles. The van der Waals surface area contributed by atoms with Crippen LogP contribution in [0.2, 0.25) is 5.02 Å². The summed E-state index contributed by atoms with van der Waals surface area (Å²) in [7, 11) is 0. The number of hydrogen-bond donors (Lipinski definition) is 3. The van der Waals surface area contributed by atoms with E-state index in [0.29, 0.717) is 27.5 Å². The molecule has 1 aliphatic rings. The van der Waals surface area contributed by atoms with E-state index in [2.05, 4.69) is 15.4 Å². The van der Waals surface area contributed by atoms with E-state index in [1.54, 1.807) is 42.5 Å². The van der Waals surface area contributed by atoms with Crippen LogP contribution in [0.15, 0.2) is 76.5 Å². The molecule has 0 fully saturated rings. The van der Waals surface area contributed by atoms with E-state index in [0.717, 1.165) is 4.90 Å². The van der Waals surface area contributed by atoms with Gasteiger partial charge >= 0.3 is 0 Å². The number of thioether (sulfide) groups is 1. The maximum atomic E-state index is 12.7. The van der Waals surface area contributed by atoms with Crippen molar-refractivity contribution in [2.75, 3.05) is 15.4 Å². The average Bonchev–Trinajstić information content (AvgIpc) is 2.75. The topological polar surface area (TPSA) is 93.3 Å². The van der Waals surface area contributed by atoms with Crippen molar-refractivity contribution >= 4 is 63.6 Å². The number of halogens is 1. The number of hydrogen-bond acceptors (Lipinski definition) is 5. The third-order valence-electron chi connectivity index (χ3n) is 4.55. The van der Waals surface area contributed by atoms with Gasteiger partial charge in [0, 0.05) is 16.1 Å². The molecule has 31 heavy (non-hydrogen) atoms. The average molecular weight is 472 g/mol. The highest BCUT2D eigenvalue weighted by molar-refractivity contribution is 8.01. The molecule has 3 aromatic carbocycles. The second kappa shape index (κ2) is 9.23. The van der Waals surface area contributed by atoms with E-state index < -0.39 is 11.4 Å². The maximum Gasteiger partial charge on any atom is 0.255 e. The van der Waals surface area contributed by atoms with E-state index in [1.807, 2.05) is 31.2 Å². The zero-order chi connectivity index (χ0) is 22.0. The lowest BCUT2D eigenvalue weighted by Crippen LogP contribution is -2.26. The lowest BCUT2D eigenvalue weighted by Gasteiger charge is -2.21. The van der Waals surface area contributed by atoms with Gasteiger partial charge in [0.2, 0.25) is 5.91 Å². The molecule has 2 atom stereocenters. The van der Waals surface area contributed by atoms with Gasteiger partial charge in [0.1, 0.15) is 16.4 Å². The summed E-state index contributed by atoms with van der Waals surface area (Å²) in [5, 5.41) is 5.69. The molecule has 158 valence electrons. The molecular weight excluding hydrogens is 454 g/mol. The Morgan fingerprint density at radius 2 is 1.87 bits per heavy atom. The van der Waals surface area contributed by atoms with Crippen LogP contribution in [0.5, 0.6) is 0 Å². The van der Waals surface area contributed by atoms with Gasteiger partial charge in [0.05, 0.1) is 16.6 Å². The Hall–Kier alpha value is -2.65. The number of fused-ring (bicyclic) bond motifs is 1. The molecule has 0 aromatic heterocycles. The van der Waals surface area contributed by atoms with Crippen LogP contribution in [0.1, 0.15) is 17.3 Å². The van der Waals surface area contributed by atoms with Crippen molar-refractivity contribution in [2.24, 2.45) is 0 Å². The Kier molecular flexibility index (Phi) is 6.43. The Labute approximate surface area is 192 Å². The predicted octanol–water partition coefficient (Wildman–Crippen LogP) is 5.16. The number of rotatable bonds is 5. The summed E-state index contributed by atoms with van der Waals surface area (Å²) in [4.78, 5) is 25.9. The molecule has 6 nitrogen and oxygen atoms in total. The number of anilines is 3. The summed E-state index contributed by atoms with van der Waals surface area (Å²) in [6.45, 7) is 1.83. The summed E-state index contributed by atoms with van der Waals surface area (Å²) in [6.07, 6.45) is 0. The highest BCUT2D eigenvalue weighted by atomic mass is 35.5. The van der Waals surface area contributed by atoms with Crippen LogP contribution < -0.4 is 15.4 Å². The zero-order valence-corrected chi connectivity index (χ0v) is 18.7. The number of carbonyl (C=O) groups is 2. The molecule has 1 heterocycles. The fraction of sp³-hybridized carbons (Fsp3) is 0.0909. The molecule has 4 rings (SSSR count). The Morgan fingerprint density at radius 3 is 2.61 bits per heavy atom. The van der Waals surface area contributed by atoms with Gasteiger partial charge in [-0.15, -0.1) is 11.8 Å². The first-order valence-electron chi connectivity index (χ1n) is 9.36. The molecule has 2 amide bonds. The number of nitrogens with one attached hydrogen (secondary N) is 3. The largest absolute Gasteiger partial charge is 0.588 e. The summed E-state index contributed by atoms with van der Waals surface area (Å²) in [6, 6.07) is 19.1. The molecule has 2 unspecified atom stereocenters. The quantitative estimate of drug-likeness (QED) is 0.447. The number of benzene rings is 3. The third kappa shape index (κ3) is 4.99. The monoisotopic (exact) mass is 471 g/mol. The molecule has 1 aliphatic heterocycles. The van der Waals surface area contributed by atoms with Crippen LogP contribution in [0.3, 0.4) is 0 Å². The first-order chi connectivity index (χ1) is 14.9. The molecule has 3 N–H and O–H groups in total. The first-order valence-corrected chi connectivity index (χ1v) is 11.8. The van der Waals surface area contributed by atoms with Gasteiger partial charge < -0.3 is 15.2 Å². The molecule has 0 bridgehead atoms. The Balaban J connectivity index is 1.46. The first kappa shape index (κ1) is 21.6. The fourth-order valence-electron chi connectivity index (χ4n) is 2.95. The Bertz CT molecular complexity index is 1140. The van der Waals surface area contributed by atoms with E-state index in [-0.39, 0.29) is 22.1 Å². The van der Waals surface area contributed by atoms with Crippen molar-refractivity contribution < 1.29 is 14.1 Å². The number of amides is 2. The van der Waals surface area contributed by atoms with Crippen LogP contribution in [0, 0.1) is 0 Å². The van der Waals surface area contributed by atoms with E-state index in [4.69, 9.17) is 11.6 Å². The van der Waals surface area contributed by atoms with Gasteiger partial charge in [-0.2, -0.15) is 0 Å². The van der Waals surface area contributed by atoms with Crippen LogP contribution in [0.25, 0.3) is 0 Å². The van der Waals surface area contributed by atoms with Gasteiger partial charge in [-0.3, -0.25) is 9.59 Å². The minimum Gasteiger partial charge on any atom is -0.588 e. The van der Waals surface area contributed by atoms with Crippen molar-refractivity contribution in [3.05, 3.63) is 77.3 Å². The van der Waals surface area contributed by atoms with E-state index >= 15 is 0 Å². The highest BCUT2D eigenvalue weighted by Gasteiger charge is 2.24. The van der Waals surface area contributed by atoms with Gasteiger partial charge in [-0.25, -0.2) is 4.72 Å². The van der Waals surface area contributed by atoms with E-state index in [9.17, 15) is 14.1 Å². The summed E-state index contributed by atoms with van der Waals surface area (Å²) in [5.41, 5.74) is 2.21. The van der Waals surface area contributed by atoms with Crippen LogP contribution >= 0.6 is 23.4 Å². The van der Waals surface area contributed by atoms with Crippen molar-refractivity contribution in [3.8, 4) is 0 Å². The second-order valence-electron chi connectivity index (χ2n) is 6.80. The summed E-state index contributed by atoms with van der Waals surface area (Å²) in [5.74, 6) is -0.428. The van der Waals surface area contributed by atoms with Gasteiger partial charge in [0.25, 0.3) is 5.91 Å². The lowest BCUT2D eigenvalue weighted by molar-refractivity contribution is -0.115. The molecule has 3 aromatic rings. The van der Waals surface area contributed by atoms with Crippen molar-refractivity contribution in [3.63, 3.8) is 0 Å². The fourth-order valence-corrected chi connectivity index (χ4v) is 5.16. The lowest BCUT2D eigenvalue weighted by atomic mass is 10.1. The molecule has 0 radical (unpaired) electrons. The molecular formula is C22H18ClN3O3S2. The summed E-state index contributed by atoms with van der Waals surface area (Å²) >= 11 is 6.22.